The molecule has 3 aromatic rings. The number of nitrogens with zero attached hydrogens (tertiary/aromatic N) is 1. The van der Waals surface area contributed by atoms with Crippen LogP contribution in [0.1, 0.15) is 27.9 Å². The van der Waals surface area contributed by atoms with Gasteiger partial charge in [-0.2, -0.15) is 0 Å². The summed E-state index contributed by atoms with van der Waals surface area (Å²) >= 11 is 0. The molecule has 0 heterocycles. The standard InChI is InChI=1S/C35H33N3O9/c1-38(2)28-23-15-18-14-22-21(16-4-8-19(9-5-16)37-34(45)17-6-10-20(47-3)11-7-17)12-13-24(39)26(22)29(40)25(18)31(42)35(23,46)32(43)27(30(28)41)33(36)44/h4-13,18,23,28,39-40,43,46H,14-15H2,1-3H3,(H2,36,44)(H,37,45)/t18-,23-,28+,35-/m0/s1. The zero-order valence-corrected chi connectivity index (χ0v) is 25.8. The number of rotatable bonds is 6. The predicted molar refractivity (Wildman–Crippen MR) is 171 cm³/mol. The van der Waals surface area contributed by atoms with Gasteiger partial charge in [0, 0.05) is 22.7 Å². The number of ether oxygens (including phenoxy) is 1. The minimum Gasteiger partial charge on any atom is -0.508 e. The number of amides is 2. The molecule has 242 valence electrons. The summed E-state index contributed by atoms with van der Waals surface area (Å²) in [4.78, 5) is 53.8. The van der Waals surface area contributed by atoms with Gasteiger partial charge in [0.15, 0.2) is 11.4 Å². The van der Waals surface area contributed by atoms with Crippen LogP contribution in [0.15, 0.2) is 77.6 Å². The van der Waals surface area contributed by atoms with Crippen molar-refractivity contribution in [3.05, 3.63) is 94.3 Å². The number of aliphatic hydroxyl groups is 3. The number of carbonyl (C=O) groups is 4. The van der Waals surface area contributed by atoms with Gasteiger partial charge in [0.05, 0.1) is 18.7 Å². The first kappa shape index (κ1) is 31.5. The normalized spacial score (nSPS) is 23.6. The molecule has 12 nitrogen and oxygen atoms in total. The number of primary amides is 1. The zero-order valence-electron chi connectivity index (χ0n) is 25.8. The number of likely N-dealkylation sites (N-methyl/N-ethyl adjacent to an activating group) is 1. The average Bonchev–Trinajstić information content (AvgIpc) is 3.03. The van der Waals surface area contributed by atoms with E-state index in [1.807, 2.05) is 0 Å². The van der Waals surface area contributed by atoms with Gasteiger partial charge < -0.3 is 36.2 Å². The topological polar surface area (TPSA) is 200 Å². The number of Topliss-reactive ketones (excluding diaryl/α,β-unsaturated/α-hetero) is 2. The fraction of sp³-hybridized carbons (Fsp3) is 0.257. The third kappa shape index (κ3) is 4.84. The van der Waals surface area contributed by atoms with Crippen LogP contribution in [0.4, 0.5) is 5.69 Å². The van der Waals surface area contributed by atoms with Crippen LogP contribution < -0.4 is 15.8 Å². The molecule has 0 bridgehead atoms. The molecule has 2 amide bonds. The van der Waals surface area contributed by atoms with E-state index in [-0.39, 0.29) is 35.6 Å². The second-order valence-corrected chi connectivity index (χ2v) is 12.2. The molecule has 0 aromatic heterocycles. The van der Waals surface area contributed by atoms with E-state index >= 15 is 0 Å². The minimum atomic E-state index is -2.70. The zero-order chi connectivity index (χ0) is 33.9. The van der Waals surface area contributed by atoms with E-state index in [1.165, 1.54) is 18.1 Å². The van der Waals surface area contributed by atoms with Crippen LogP contribution in [0, 0.1) is 11.8 Å². The first-order chi connectivity index (χ1) is 22.3. The summed E-state index contributed by atoms with van der Waals surface area (Å²) < 4.78 is 5.14. The molecule has 0 radical (unpaired) electrons. The van der Waals surface area contributed by atoms with E-state index in [2.05, 4.69) is 5.32 Å². The summed E-state index contributed by atoms with van der Waals surface area (Å²) in [5, 5.41) is 48.0. The number of hydrogen-bond donors (Lipinski definition) is 6. The first-order valence-electron chi connectivity index (χ1n) is 14.8. The summed E-state index contributed by atoms with van der Waals surface area (Å²) in [6, 6.07) is 15.5. The molecule has 3 aliphatic rings. The number of carbonyl (C=O) groups excluding carboxylic acids is 4. The van der Waals surface area contributed by atoms with Crippen molar-refractivity contribution in [1.82, 2.24) is 4.90 Å². The molecule has 47 heavy (non-hydrogen) atoms. The quantitative estimate of drug-likeness (QED) is 0.218. The number of phenols is 1. The third-order valence-corrected chi connectivity index (χ3v) is 9.41. The van der Waals surface area contributed by atoms with Gasteiger partial charge in [0.25, 0.3) is 11.8 Å². The lowest BCUT2D eigenvalue weighted by atomic mass is 9.57. The molecular weight excluding hydrogens is 606 g/mol. The van der Waals surface area contributed by atoms with Gasteiger partial charge in [0.1, 0.15) is 28.6 Å². The SMILES string of the molecule is COc1ccc(C(=O)Nc2ccc(-c3ccc(O)c4c3C[C@H]3C[C@H]5[C@@H](N(C)C)C(=O)C(C(N)=O)=C(O)[C@@]5(O)C(=O)C3=C4O)cc2)cc1. The minimum absolute atomic E-state index is 0.00401. The maximum absolute atomic E-state index is 14.0. The van der Waals surface area contributed by atoms with Crippen LogP contribution in [0.5, 0.6) is 11.5 Å². The predicted octanol–water partition coefficient (Wildman–Crippen LogP) is 2.89. The largest absolute Gasteiger partial charge is 0.508 e. The van der Waals surface area contributed by atoms with E-state index in [4.69, 9.17) is 10.5 Å². The molecule has 4 atom stereocenters. The molecule has 12 heteroatoms. The maximum Gasteiger partial charge on any atom is 0.255 e. The van der Waals surface area contributed by atoms with Gasteiger partial charge in [0.2, 0.25) is 5.78 Å². The molecule has 0 unspecified atom stereocenters. The number of aliphatic hydroxyl groups excluding tert-OH is 2. The number of phenolic OH excluding ortho intramolecular Hbond substituents is 1. The van der Waals surface area contributed by atoms with Gasteiger partial charge in [-0.05, 0) is 92.0 Å². The fourth-order valence-electron chi connectivity index (χ4n) is 7.19. The van der Waals surface area contributed by atoms with E-state index in [0.29, 0.717) is 33.7 Å². The average molecular weight is 640 g/mol. The van der Waals surface area contributed by atoms with Gasteiger partial charge in [-0.25, -0.2) is 0 Å². The second-order valence-electron chi connectivity index (χ2n) is 12.2. The number of nitrogens with two attached hydrogens (primary N) is 1. The lowest BCUT2D eigenvalue weighted by Crippen LogP contribution is -2.65. The Balaban J connectivity index is 1.38. The Morgan fingerprint density at radius 3 is 2.23 bits per heavy atom. The van der Waals surface area contributed by atoms with Crippen molar-refractivity contribution in [1.29, 1.82) is 0 Å². The Labute approximate surface area is 269 Å². The van der Waals surface area contributed by atoms with Crippen LogP contribution in [-0.4, -0.2) is 81.6 Å². The summed E-state index contributed by atoms with van der Waals surface area (Å²) in [5.74, 6) is -6.74. The highest BCUT2D eigenvalue weighted by atomic mass is 16.5. The molecule has 7 N–H and O–H groups in total. The van der Waals surface area contributed by atoms with Gasteiger partial charge >= 0.3 is 0 Å². The number of hydrogen-bond acceptors (Lipinski definition) is 10. The maximum atomic E-state index is 14.0. The van der Waals surface area contributed by atoms with E-state index in [1.54, 1.807) is 68.7 Å². The van der Waals surface area contributed by atoms with Gasteiger partial charge in [-0.15, -0.1) is 0 Å². The van der Waals surface area contributed by atoms with Crippen LogP contribution in [0.3, 0.4) is 0 Å². The summed E-state index contributed by atoms with van der Waals surface area (Å²) in [6.45, 7) is 0. The summed E-state index contributed by atoms with van der Waals surface area (Å²) in [5.41, 5.74) is 4.45. The Bertz CT molecular complexity index is 1910. The Kier molecular flexibility index (Phi) is 7.65. The number of aromatic hydroxyl groups is 1. The van der Waals surface area contributed by atoms with Crippen molar-refractivity contribution in [3.8, 4) is 22.6 Å². The van der Waals surface area contributed by atoms with Crippen LogP contribution in [0.25, 0.3) is 16.9 Å². The molecule has 0 spiro atoms. The number of anilines is 1. The van der Waals surface area contributed by atoms with Crippen molar-refractivity contribution >= 4 is 34.8 Å². The van der Waals surface area contributed by atoms with Crippen molar-refractivity contribution in [2.45, 2.75) is 24.5 Å². The molecule has 6 rings (SSSR count). The van der Waals surface area contributed by atoms with Crippen molar-refractivity contribution in [2.75, 3.05) is 26.5 Å². The van der Waals surface area contributed by atoms with E-state index < -0.39 is 58.0 Å². The third-order valence-electron chi connectivity index (χ3n) is 9.41. The fourth-order valence-corrected chi connectivity index (χ4v) is 7.19. The number of ketones is 2. The molecule has 0 aliphatic heterocycles. The van der Waals surface area contributed by atoms with Gasteiger partial charge in [-0.1, -0.05) is 18.2 Å². The Morgan fingerprint density at radius 2 is 1.64 bits per heavy atom. The number of benzene rings is 3. The van der Waals surface area contributed by atoms with Gasteiger partial charge in [-0.3, -0.25) is 24.1 Å². The lowest BCUT2D eigenvalue weighted by Gasteiger charge is -2.50. The van der Waals surface area contributed by atoms with Crippen molar-refractivity contribution < 1.29 is 44.3 Å². The molecule has 1 saturated carbocycles. The highest BCUT2D eigenvalue weighted by Gasteiger charge is 2.64. The first-order valence-corrected chi connectivity index (χ1v) is 14.8. The van der Waals surface area contributed by atoms with Crippen LogP contribution in [-0.2, 0) is 20.8 Å². The number of fused-ring (bicyclic) bond motifs is 3. The van der Waals surface area contributed by atoms with E-state index in [9.17, 15) is 39.6 Å². The monoisotopic (exact) mass is 639 g/mol. The Hall–Kier alpha value is -5.46. The van der Waals surface area contributed by atoms with Crippen molar-refractivity contribution in [3.63, 3.8) is 0 Å². The molecule has 1 fully saturated rings. The van der Waals surface area contributed by atoms with E-state index in [0.717, 1.165) is 0 Å². The lowest BCUT2D eigenvalue weighted by molar-refractivity contribution is -0.153. The summed E-state index contributed by atoms with van der Waals surface area (Å²) in [6.07, 6.45) is 0.130. The molecule has 3 aliphatic carbocycles. The Morgan fingerprint density at radius 1 is 0.979 bits per heavy atom. The smallest absolute Gasteiger partial charge is 0.255 e. The second kappa shape index (κ2) is 11.4. The van der Waals surface area contributed by atoms with Crippen LogP contribution >= 0.6 is 0 Å². The van der Waals surface area contributed by atoms with Crippen molar-refractivity contribution in [2.24, 2.45) is 17.6 Å². The molecule has 3 aromatic carbocycles. The molecule has 0 saturated heterocycles. The number of nitrogens with one attached hydrogen (secondary N) is 1. The number of methoxy groups -OCH3 is 1. The van der Waals surface area contributed by atoms with Crippen LogP contribution in [0.2, 0.25) is 0 Å². The highest BCUT2D eigenvalue weighted by molar-refractivity contribution is 6.24. The highest BCUT2D eigenvalue weighted by Crippen LogP contribution is 2.53. The summed E-state index contributed by atoms with van der Waals surface area (Å²) in [7, 11) is 4.64. The molecular formula is C35H33N3O9.